The lowest BCUT2D eigenvalue weighted by Crippen LogP contribution is -2.10. The van der Waals surface area contributed by atoms with Crippen LogP contribution in [0.5, 0.6) is 0 Å². The molecule has 4 rings (SSSR count). The first kappa shape index (κ1) is 19.4. The minimum atomic E-state index is 0.462. The fourth-order valence-electron chi connectivity index (χ4n) is 3.50. The molecule has 0 unspecified atom stereocenters. The van der Waals surface area contributed by atoms with Gasteiger partial charge in [0.15, 0.2) is 5.65 Å². The van der Waals surface area contributed by atoms with Crippen molar-refractivity contribution in [2.24, 2.45) is 10.1 Å². The predicted molar refractivity (Wildman–Crippen MR) is 116 cm³/mol. The van der Waals surface area contributed by atoms with Gasteiger partial charge in [-0.05, 0) is 32.0 Å². The van der Waals surface area contributed by atoms with Gasteiger partial charge in [0, 0.05) is 43.5 Å². The molecule has 9 nitrogen and oxygen atoms in total. The molecule has 0 aliphatic heterocycles. The molecule has 30 heavy (non-hydrogen) atoms. The molecule has 0 bridgehead atoms. The van der Waals surface area contributed by atoms with Crippen LogP contribution < -0.4 is 0 Å². The smallest absolute Gasteiger partial charge is 0.235 e. The van der Waals surface area contributed by atoms with Gasteiger partial charge in [0.2, 0.25) is 5.90 Å². The van der Waals surface area contributed by atoms with Crippen LogP contribution in [0.25, 0.3) is 22.3 Å². The number of rotatable bonds is 5. The zero-order valence-electron chi connectivity index (χ0n) is 17.4. The highest BCUT2D eigenvalue weighted by Crippen LogP contribution is 2.28. The normalized spacial score (nSPS) is 11.8. The van der Waals surface area contributed by atoms with Gasteiger partial charge in [0.05, 0.1) is 24.9 Å². The maximum Gasteiger partial charge on any atom is 0.235 e. The SMILES string of the molecule is C=Nn1ccc(-c2cnc3nc(C)n(Cc4ccnc(C)n4)c3c2)c1/C(=N\C)OC. The molecule has 9 heteroatoms. The van der Waals surface area contributed by atoms with Crippen molar-refractivity contribution >= 4 is 23.8 Å². The molecule has 0 fully saturated rings. The first-order valence-electron chi connectivity index (χ1n) is 9.37. The Labute approximate surface area is 173 Å². The van der Waals surface area contributed by atoms with Crippen LogP contribution in [-0.4, -0.2) is 56.0 Å². The Kier molecular flexibility index (Phi) is 5.09. The van der Waals surface area contributed by atoms with Crippen molar-refractivity contribution in [3.8, 4) is 11.1 Å². The summed E-state index contributed by atoms with van der Waals surface area (Å²) in [7, 11) is 3.25. The third kappa shape index (κ3) is 3.34. The van der Waals surface area contributed by atoms with Crippen molar-refractivity contribution in [1.82, 2.24) is 29.2 Å². The van der Waals surface area contributed by atoms with Crippen LogP contribution in [0.2, 0.25) is 0 Å². The summed E-state index contributed by atoms with van der Waals surface area (Å²) in [4.78, 5) is 22.1. The van der Waals surface area contributed by atoms with Crippen molar-refractivity contribution in [2.45, 2.75) is 20.4 Å². The highest BCUT2D eigenvalue weighted by atomic mass is 16.5. The lowest BCUT2D eigenvalue weighted by molar-refractivity contribution is 0.401. The van der Waals surface area contributed by atoms with Gasteiger partial charge in [-0.15, -0.1) is 0 Å². The highest BCUT2D eigenvalue weighted by Gasteiger charge is 2.19. The fraction of sp³-hybridized carbons (Fsp3) is 0.238. The zero-order chi connectivity index (χ0) is 21.3. The second-order valence-corrected chi connectivity index (χ2v) is 6.70. The Morgan fingerprint density at radius 1 is 1.20 bits per heavy atom. The van der Waals surface area contributed by atoms with Gasteiger partial charge >= 0.3 is 0 Å². The second-order valence-electron chi connectivity index (χ2n) is 6.70. The number of methoxy groups -OCH3 is 1. The van der Waals surface area contributed by atoms with Gasteiger partial charge in [-0.1, -0.05) is 0 Å². The number of aliphatic imine (C=N–C) groups is 1. The number of hydrogen-bond acceptors (Lipinski definition) is 7. The van der Waals surface area contributed by atoms with Crippen molar-refractivity contribution in [3.05, 3.63) is 59.8 Å². The third-order valence-electron chi connectivity index (χ3n) is 4.88. The summed E-state index contributed by atoms with van der Waals surface area (Å²) in [5.41, 5.74) is 5.02. The molecule has 4 aromatic rings. The van der Waals surface area contributed by atoms with Crippen LogP contribution in [0.4, 0.5) is 0 Å². The highest BCUT2D eigenvalue weighted by molar-refractivity contribution is 6.00. The van der Waals surface area contributed by atoms with Gasteiger partial charge < -0.3 is 9.30 Å². The molecule has 0 saturated carbocycles. The molecule has 0 radical (unpaired) electrons. The largest absolute Gasteiger partial charge is 0.480 e. The Morgan fingerprint density at radius 3 is 2.73 bits per heavy atom. The average molecular weight is 402 g/mol. The number of aryl methyl sites for hydroxylation is 2. The molecule has 0 aliphatic carbocycles. The molecule has 0 aliphatic rings. The fourth-order valence-corrected chi connectivity index (χ4v) is 3.50. The summed E-state index contributed by atoms with van der Waals surface area (Å²) in [5.74, 6) is 2.06. The van der Waals surface area contributed by atoms with Gasteiger partial charge in [0.1, 0.15) is 17.3 Å². The first-order chi connectivity index (χ1) is 14.5. The second kappa shape index (κ2) is 7.86. The van der Waals surface area contributed by atoms with E-state index in [2.05, 4.69) is 47.4 Å². The minimum Gasteiger partial charge on any atom is -0.480 e. The number of fused-ring (bicyclic) bond motifs is 1. The van der Waals surface area contributed by atoms with Crippen LogP contribution in [0.15, 0.2) is 46.9 Å². The monoisotopic (exact) mass is 402 g/mol. The van der Waals surface area contributed by atoms with E-state index in [4.69, 9.17) is 4.74 Å². The summed E-state index contributed by atoms with van der Waals surface area (Å²) < 4.78 is 9.18. The van der Waals surface area contributed by atoms with E-state index in [1.807, 2.05) is 32.2 Å². The van der Waals surface area contributed by atoms with Crippen molar-refractivity contribution in [3.63, 3.8) is 0 Å². The van der Waals surface area contributed by atoms with E-state index < -0.39 is 0 Å². The lowest BCUT2D eigenvalue weighted by atomic mass is 10.1. The molecule has 4 aromatic heterocycles. The van der Waals surface area contributed by atoms with Crippen LogP contribution in [-0.2, 0) is 11.3 Å². The summed E-state index contributed by atoms with van der Waals surface area (Å²) in [5, 5.41) is 4.04. The number of aromatic nitrogens is 6. The number of imidazole rings is 1. The van der Waals surface area contributed by atoms with E-state index in [1.165, 1.54) is 0 Å². The first-order valence-corrected chi connectivity index (χ1v) is 9.37. The number of nitrogens with zero attached hydrogens (tertiary/aromatic N) is 8. The Hall–Kier alpha value is -3.88. The average Bonchev–Trinajstić information content (AvgIpc) is 3.30. The summed E-state index contributed by atoms with van der Waals surface area (Å²) >= 11 is 0. The number of hydrogen-bond donors (Lipinski definition) is 0. The third-order valence-corrected chi connectivity index (χ3v) is 4.88. The molecule has 0 saturated heterocycles. The van der Waals surface area contributed by atoms with E-state index in [1.54, 1.807) is 31.2 Å². The number of ether oxygens (including phenoxy) is 1. The summed E-state index contributed by atoms with van der Waals surface area (Å²) in [6, 6.07) is 5.91. The molecule has 0 spiro atoms. The molecule has 0 atom stereocenters. The van der Waals surface area contributed by atoms with Gasteiger partial charge in [-0.3, -0.25) is 4.99 Å². The topological polar surface area (TPSA) is 95.4 Å². The Balaban J connectivity index is 1.85. The molecular formula is C21H22N8O. The molecule has 152 valence electrons. The van der Waals surface area contributed by atoms with Crippen LogP contribution in [0.3, 0.4) is 0 Å². The van der Waals surface area contributed by atoms with Crippen molar-refractivity contribution in [2.75, 3.05) is 14.2 Å². The van der Waals surface area contributed by atoms with Crippen LogP contribution in [0.1, 0.15) is 23.0 Å². The predicted octanol–water partition coefficient (Wildman–Crippen LogP) is 2.84. The Morgan fingerprint density at radius 2 is 2.03 bits per heavy atom. The molecule has 4 heterocycles. The van der Waals surface area contributed by atoms with E-state index in [0.717, 1.165) is 34.0 Å². The van der Waals surface area contributed by atoms with E-state index in [0.29, 0.717) is 23.8 Å². The maximum absolute atomic E-state index is 5.44. The van der Waals surface area contributed by atoms with E-state index in [9.17, 15) is 0 Å². The molecule has 0 aromatic carbocycles. The van der Waals surface area contributed by atoms with Gasteiger partial charge in [0.25, 0.3) is 0 Å². The molecular weight excluding hydrogens is 380 g/mol. The van der Waals surface area contributed by atoms with Crippen LogP contribution >= 0.6 is 0 Å². The van der Waals surface area contributed by atoms with Crippen molar-refractivity contribution in [1.29, 1.82) is 0 Å². The molecule has 0 N–H and O–H groups in total. The zero-order valence-corrected chi connectivity index (χ0v) is 17.4. The van der Waals surface area contributed by atoms with Gasteiger partial charge in [-0.2, -0.15) is 5.10 Å². The van der Waals surface area contributed by atoms with E-state index >= 15 is 0 Å². The van der Waals surface area contributed by atoms with E-state index in [-0.39, 0.29) is 0 Å². The standard InChI is InChI=1S/C21H22N8O/c1-13-24-8-6-16(26-13)12-28-14(2)27-20-18(28)10-15(11-25-20)17-7-9-29(23-4)19(17)21(22-3)30-5/h6-11H,4,12H2,1-3,5H3/b22-21+. The Bertz CT molecular complexity index is 1270. The van der Waals surface area contributed by atoms with Crippen LogP contribution in [0, 0.1) is 13.8 Å². The summed E-state index contributed by atoms with van der Waals surface area (Å²) in [6.45, 7) is 8.06. The lowest BCUT2D eigenvalue weighted by Gasteiger charge is -2.10. The van der Waals surface area contributed by atoms with Crippen molar-refractivity contribution < 1.29 is 4.74 Å². The van der Waals surface area contributed by atoms with Gasteiger partial charge in [-0.25, -0.2) is 24.6 Å². The summed E-state index contributed by atoms with van der Waals surface area (Å²) in [6.07, 6.45) is 5.38. The quantitative estimate of drug-likeness (QED) is 0.378. The molecule has 0 amide bonds. The maximum atomic E-state index is 5.44. The minimum absolute atomic E-state index is 0.462. The number of pyridine rings is 1.